The lowest BCUT2D eigenvalue weighted by Crippen LogP contribution is -2.13. The number of nitrogens with two attached hydrogens (primary N) is 1. The van der Waals surface area contributed by atoms with E-state index in [1.54, 1.807) is 0 Å². The van der Waals surface area contributed by atoms with Crippen LogP contribution in [0.25, 0.3) is 0 Å². The predicted molar refractivity (Wildman–Crippen MR) is 65.1 cm³/mol. The van der Waals surface area contributed by atoms with Crippen molar-refractivity contribution in [2.24, 2.45) is 5.73 Å². The molecule has 0 saturated carbocycles. The van der Waals surface area contributed by atoms with Crippen molar-refractivity contribution in [3.63, 3.8) is 0 Å². The Morgan fingerprint density at radius 2 is 2.06 bits per heavy atom. The van der Waals surface area contributed by atoms with E-state index in [9.17, 15) is 0 Å². The zero-order valence-electron chi connectivity index (χ0n) is 8.84. The zero-order valence-corrected chi connectivity index (χ0v) is 9.65. The van der Waals surface area contributed by atoms with Gasteiger partial charge in [0.1, 0.15) is 5.01 Å². The van der Waals surface area contributed by atoms with Crippen LogP contribution < -0.4 is 5.73 Å². The Hall–Kier alpha value is -1.23. The fourth-order valence-electron chi connectivity index (χ4n) is 1.56. The minimum atomic E-state index is -0.0326. The summed E-state index contributed by atoms with van der Waals surface area (Å²) in [5, 5.41) is 11.6. The molecule has 1 atom stereocenters. The average molecular weight is 234 g/mol. The van der Waals surface area contributed by atoms with Gasteiger partial charge in [0, 0.05) is 17.8 Å². The molecule has 0 aliphatic heterocycles. The molecule has 84 valence electrons. The molecule has 3 N–H and O–H groups in total. The van der Waals surface area contributed by atoms with Crippen LogP contribution in [0.3, 0.4) is 0 Å². The largest absolute Gasteiger partial charge is 0.389 e. The standard InChI is InChI=1S/C12H14N2OS/c13-11(9-4-2-1-3-5-9)6-10-8-16-12(7-15)14-10/h1-5,8,11,15H,6-7,13H2. The first-order valence-corrected chi connectivity index (χ1v) is 6.02. The highest BCUT2D eigenvalue weighted by Gasteiger charge is 2.09. The molecule has 0 aliphatic carbocycles. The molecule has 0 saturated heterocycles. The summed E-state index contributed by atoms with van der Waals surface area (Å²) in [6, 6.07) is 9.94. The highest BCUT2D eigenvalue weighted by atomic mass is 32.1. The lowest BCUT2D eigenvalue weighted by Gasteiger charge is -2.09. The molecule has 2 aromatic rings. The maximum Gasteiger partial charge on any atom is 0.118 e. The lowest BCUT2D eigenvalue weighted by molar-refractivity contribution is 0.281. The molecule has 1 aromatic carbocycles. The zero-order chi connectivity index (χ0) is 11.4. The second-order valence-corrected chi connectivity index (χ2v) is 4.55. The summed E-state index contributed by atoms with van der Waals surface area (Å²) < 4.78 is 0. The van der Waals surface area contributed by atoms with Gasteiger partial charge in [-0.05, 0) is 5.56 Å². The van der Waals surface area contributed by atoms with Crippen molar-refractivity contribution in [1.82, 2.24) is 4.98 Å². The third-order valence-corrected chi connectivity index (χ3v) is 3.27. The number of aromatic nitrogens is 1. The molecule has 1 aromatic heterocycles. The van der Waals surface area contributed by atoms with Crippen LogP contribution in [0.15, 0.2) is 35.7 Å². The highest BCUT2D eigenvalue weighted by Crippen LogP contribution is 2.17. The number of aliphatic hydroxyl groups excluding tert-OH is 1. The molecule has 1 heterocycles. The van der Waals surface area contributed by atoms with Crippen LogP contribution in [-0.2, 0) is 13.0 Å². The van der Waals surface area contributed by atoms with Crippen molar-refractivity contribution < 1.29 is 5.11 Å². The van der Waals surface area contributed by atoms with E-state index >= 15 is 0 Å². The Morgan fingerprint density at radius 1 is 1.31 bits per heavy atom. The molecule has 4 heteroatoms. The van der Waals surface area contributed by atoms with Gasteiger partial charge in [0.05, 0.1) is 12.3 Å². The van der Waals surface area contributed by atoms with Gasteiger partial charge < -0.3 is 10.8 Å². The number of hydrogen-bond donors (Lipinski definition) is 2. The topological polar surface area (TPSA) is 59.1 Å². The van der Waals surface area contributed by atoms with Gasteiger partial charge in [-0.2, -0.15) is 0 Å². The van der Waals surface area contributed by atoms with Crippen LogP contribution in [0.5, 0.6) is 0 Å². The first kappa shape index (κ1) is 11.3. The smallest absolute Gasteiger partial charge is 0.118 e. The van der Waals surface area contributed by atoms with Crippen molar-refractivity contribution in [3.8, 4) is 0 Å². The lowest BCUT2D eigenvalue weighted by atomic mass is 10.0. The van der Waals surface area contributed by atoms with Crippen LogP contribution in [0, 0.1) is 0 Å². The van der Waals surface area contributed by atoms with E-state index in [0.717, 1.165) is 16.3 Å². The minimum Gasteiger partial charge on any atom is -0.389 e. The van der Waals surface area contributed by atoms with Crippen LogP contribution >= 0.6 is 11.3 Å². The third kappa shape index (κ3) is 2.66. The second kappa shape index (κ2) is 5.21. The van der Waals surface area contributed by atoms with E-state index in [4.69, 9.17) is 10.8 Å². The normalized spacial score (nSPS) is 12.6. The van der Waals surface area contributed by atoms with Gasteiger partial charge in [-0.15, -0.1) is 11.3 Å². The fourth-order valence-corrected chi connectivity index (χ4v) is 2.22. The number of thiazole rings is 1. The SMILES string of the molecule is NC(Cc1csc(CO)n1)c1ccccc1. The molecule has 2 rings (SSSR count). The molecule has 0 amide bonds. The van der Waals surface area contributed by atoms with Gasteiger partial charge in [0.25, 0.3) is 0 Å². The average Bonchev–Trinajstić information content (AvgIpc) is 2.78. The first-order valence-electron chi connectivity index (χ1n) is 5.14. The molecular weight excluding hydrogens is 220 g/mol. The van der Waals surface area contributed by atoms with Gasteiger partial charge >= 0.3 is 0 Å². The number of hydrogen-bond acceptors (Lipinski definition) is 4. The first-order chi connectivity index (χ1) is 7.79. The highest BCUT2D eigenvalue weighted by molar-refractivity contribution is 7.09. The van der Waals surface area contributed by atoms with E-state index in [0.29, 0.717) is 6.42 Å². The number of aliphatic hydroxyl groups is 1. The molecule has 0 bridgehead atoms. The summed E-state index contributed by atoms with van der Waals surface area (Å²) in [6.07, 6.45) is 0.709. The van der Waals surface area contributed by atoms with E-state index in [1.165, 1.54) is 11.3 Å². The summed E-state index contributed by atoms with van der Waals surface area (Å²) in [4.78, 5) is 4.28. The van der Waals surface area contributed by atoms with Crippen molar-refractivity contribution in [2.45, 2.75) is 19.1 Å². The van der Waals surface area contributed by atoms with E-state index in [-0.39, 0.29) is 12.6 Å². The van der Waals surface area contributed by atoms with Crippen LogP contribution in [0.1, 0.15) is 22.3 Å². The maximum absolute atomic E-state index is 8.92. The minimum absolute atomic E-state index is 0.00520. The van der Waals surface area contributed by atoms with Crippen LogP contribution in [0.2, 0.25) is 0 Å². The third-order valence-electron chi connectivity index (χ3n) is 2.39. The van der Waals surface area contributed by atoms with Crippen LogP contribution in [0.4, 0.5) is 0 Å². The quantitative estimate of drug-likeness (QED) is 0.849. The van der Waals surface area contributed by atoms with Crippen LogP contribution in [-0.4, -0.2) is 10.1 Å². The van der Waals surface area contributed by atoms with Gasteiger partial charge in [-0.1, -0.05) is 30.3 Å². The maximum atomic E-state index is 8.92. The van der Waals surface area contributed by atoms with E-state index < -0.39 is 0 Å². The van der Waals surface area contributed by atoms with Gasteiger partial charge in [0.2, 0.25) is 0 Å². The van der Waals surface area contributed by atoms with Crippen molar-refractivity contribution >= 4 is 11.3 Å². The number of nitrogens with zero attached hydrogens (tertiary/aromatic N) is 1. The van der Waals surface area contributed by atoms with Gasteiger partial charge in [-0.25, -0.2) is 4.98 Å². The Balaban J connectivity index is 2.05. The second-order valence-electron chi connectivity index (χ2n) is 3.61. The van der Waals surface area contributed by atoms with E-state index in [1.807, 2.05) is 35.7 Å². The summed E-state index contributed by atoms with van der Waals surface area (Å²) >= 11 is 1.47. The Labute approximate surface area is 98.6 Å². The Bertz CT molecular complexity index is 441. The summed E-state index contributed by atoms with van der Waals surface area (Å²) in [6.45, 7) is 0.00520. The van der Waals surface area contributed by atoms with Gasteiger partial charge in [-0.3, -0.25) is 0 Å². The Kier molecular flexibility index (Phi) is 3.66. The predicted octanol–water partition coefficient (Wildman–Crippen LogP) is 1.88. The Morgan fingerprint density at radius 3 is 2.69 bits per heavy atom. The number of benzene rings is 1. The summed E-state index contributed by atoms with van der Waals surface area (Å²) in [5.41, 5.74) is 8.14. The van der Waals surface area contributed by atoms with E-state index in [2.05, 4.69) is 4.98 Å². The van der Waals surface area contributed by atoms with Crippen molar-refractivity contribution in [3.05, 3.63) is 52.0 Å². The van der Waals surface area contributed by atoms with Crippen molar-refractivity contribution in [1.29, 1.82) is 0 Å². The molecule has 0 radical (unpaired) electrons. The summed E-state index contributed by atoms with van der Waals surface area (Å²) in [5.74, 6) is 0. The van der Waals surface area contributed by atoms with Gasteiger partial charge in [0.15, 0.2) is 0 Å². The molecule has 0 aliphatic rings. The monoisotopic (exact) mass is 234 g/mol. The number of rotatable bonds is 4. The molecule has 16 heavy (non-hydrogen) atoms. The molecular formula is C12H14N2OS. The molecule has 3 nitrogen and oxygen atoms in total. The molecule has 0 spiro atoms. The fraction of sp³-hybridized carbons (Fsp3) is 0.250. The summed E-state index contributed by atoms with van der Waals surface area (Å²) in [7, 11) is 0. The molecule has 1 unspecified atom stereocenters. The van der Waals surface area contributed by atoms with Crippen molar-refractivity contribution in [2.75, 3.05) is 0 Å². The molecule has 0 fully saturated rings.